The summed E-state index contributed by atoms with van der Waals surface area (Å²) >= 11 is 0. The largest absolute Gasteiger partial charge is 0.374 e. The number of nitrogens with zero attached hydrogens (tertiary/aromatic N) is 1. The molecule has 1 aromatic rings. The number of rotatable bonds is 5. The van der Waals surface area contributed by atoms with Crippen LogP contribution in [-0.4, -0.2) is 43.3 Å². The minimum atomic E-state index is 0.308. The molecule has 3 nitrogen and oxygen atoms in total. The lowest BCUT2D eigenvalue weighted by Gasteiger charge is -2.36. The van der Waals surface area contributed by atoms with Crippen LogP contribution in [0, 0.1) is 0 Å². The van der Waals surface area contributed by atoms with E-state index in [1.807, 2.05) is 0 Å². The Kier molecular flexibility index (Phi) is 5.37. The molecule has 1 N–H and O–H groups in total. The molecule has 106 valence electrons. The van der Waals surface area contributed by atoms with E-state index in [1.165, 1.54) is 5.56 Å². The average molecular weight is 262 g/mol. The van der Waals surface area contributed by atoms with E-state index < -0.39 is 0 Å². The highest BCUT2D eigenvalue weighted by molar-refractivity contribution is 5.18. The minimum Gasteiger partial charge on any atom is -0.374 e. The van der Waals surface area contributed by atoms with Crippen LogP contribution >= 0.6 is 0 Å². The average Bonchev–Trinajstić information content (AvgIpc) is 2.46. The molecule has 1 heterocycles. The highest BCUT2D eigenvalue weighted by Gasteiger charge is 2.22. The lowest BCUT2D eigenvalue weighted by molar-refractivity contribution is -0.0379. The van der Waals surface area contributed by atoms with Crippen molar-refractivity contribution in [3.8, 4) is 0 Å². The summed E-state index contributed by atoms with van der Waals surface area (Å²) in [6.45, 7) is 10.6. The van der Waals surface area contributed by atoms with Crippen molar-refractivity contribution in [1.82, 2.24) is 10.2 Å². The first-order valence-electron chi connectivity index (χ1n) is 7.31. The molecule has 3 heteroatoms. The van der Waals surface area contributed by atoms with Crippen LogP contribution in [0.25, 0.3) is 0 Å². The molecular weight excluding hydrogens is 236 g/mol. The van der Waals surface area contributed by atoms with Crippen LogP contribution in [0.4, 0.5) is 0 Å². The van der Waals surface area contributed by atoms with Gasteiger partial charge in [-0.25, -0.2) is 0 Å². The smallest absolute Gasteiger partial charge is 0.0827 e. The molecule has 0 aromatic heterocycles. The van der Waals surface area contributed by atoms with Gasteiger partial charge in [-0.3, -0.25) is 4.90 Å². The number of hydrogen-bond acceptors (Lipinski definition) is 3. The number of morpholine rings is 1. The van der Waals surface area contributed by atoms with Gasteiger partial charge < -0.3 is 10.1 Å². The molecule has 0 amide bonds. The van der Waals surface area contributed by atoms with Crippen LogP contribution < -0.4 is 5.32 Å². The monoisotopic (exact) mass is 262 g/mol. The Morgan fingerprint density at radius 1 is 1.26 bits per heavy atom. The maximum atomic E-state index is 5.84. The van der Waals surface area contributed by atoms with Gasteiger partial charge in [-0.05, 0) is 26.3 Å². The zero-order chi connectivity index (χ0) is 13.7. The molecule has 2 rings (SSSR count). The maximum Gasteiger partial charge on any atom is 0.0827 e. The van der Waals surface area contributed by atoms with E-state index in [-0.39, 0.29) is 0 Å². The Hall–Kier alpha value is -0.900. The lowest BCUT2D eigenvalue weighted by Crippen LogP contribution is -2.49. The van der Waals surface area contributed by atoms with Gasteiger partial charge in [-0.1, -0.05) is 30.3 Å². The molecule has 1 aromatic carbocycles. The zero-order valence-corrected chi connectivity index (χ0v) is 12.3. The van der Waals surface area contributed by atoms with Gasteiger partial charge in [0.1, 0.15) is 0 Å². The maximum absolute atomic E-state index is 5.84. The van der Waals surface area contributed by atoms with E-state index >= 15 is 0 Å². The first-order valence-corrected chi connectivity index (χ1v) is 7.31. The molecule has 1 fully saturated rings. The standard InChI is InChI=1S/C16H26N2O/c1-13(2)18-9-10-19-16(12-18)11-17-14(3)15-7-5-4-6-8-15/h4-8,13-14,16-17H,9-12H2,1-3H3/t14-,16?/m0/s1. The van der Waals surface area contributed by atoms with Crippen LogP contribution in [0.3, 0.4) is 0 Å². The minimum absolute atomic E-state index is 0.308. The second-order valence-electron chi connectivity index (χ2n) is 5.62. The fraction of sp³-hybridized carbons (Fsp3) is 0.625. The quantitative estimate of drug-likeness (QED) is 0.882. The van der Waals surface area contributed by atoms with Gasteiger partial charge in [0.2, 0.25) is 0 Å². The van der Waals surface area contributed by atoms with E-state index in [9.17, 15) is 0 Å². The van der Waals surface area contributed by atoms with E-state index in [1.54, 1.807) is 0 Å². The molecular formula is C16H26N2O. The summed E-state index contributed by atoms with van der Waals surface area (Å²) in [5.74, 6) is 0. The highest BCUT2D eigenvalue weighted by Crippen LogP contribution is 2.13. The third-order valence-electron chi connectivity index (χ3n) is 3.85. The summed E-state index contributed by atoms with van der Waals surface area (Å²) in [5.41, 5.74) is 1.33. The van der Waals surface area contributed by atoms with Crippen LogP contribution in [0.15, 0.2) is 30.3 Å². The van der Waals surface area contributed by atoms with Gasteiger partial charge in [0, 0.05) is 31.7 Å². The van der Waals surface area contributed by atoms with Gasteiger partial charge in [-0.15, -0.1) is 0 Å². The van der Waals surface area contributed by atoms with E-state index in [2.05, 4.69) is 61.3 Å². The Balaban J connectivity index is 1.79. The summed E-state index contributed by atoms with van der Waals surface area (Å²) < 4.78 is 5.84. The fourth-order valence-electron chi connectivity index (χ4n) is 2.50. The summed E-state index contributed by atoms with van der Waals surface area (Å²) in [6, 6.07) is 11.5. The van der Waals surface area contributed by atoms with Gasteiger partial charge >= 0.3 is 0 Å². The zero-order valence-electron chi connectivity index (χ0n) is 12.3. The van der Waals surface area contributed by atoms with E-state index in [0.29, 0.717) is 18.2 Å². The molecule has 19 heavy (non-hydrogen) atoms. The van der Waals surface area contributed by atoms with Gasteiger partial charge in [0.25, 0.3) is 0 Å². The predicted octanol–water partition coefficient (Wildman–Crippen LogP) is 2.45. The van der Waals surface area contributed by atoms with Crippen molar-refractivity contribution < 1.29 is 4.74 Å². The fourth-order valence-corrected chi connectivity index (χ4v) is 2.50. The second kappa shape index (κ2) is 7.04. The van der Waals surface area contributed by atoms with Crippen molar-refractivity contribution in [1.29, 1.82) is 0 Å². The predicted molar refractivity (Wildman–Crippen MR) is 79.3 cm³/mol. The van der Waals surface area contributed by atoms with Gasteiger partial charge in [-0.2, -0.15) is 0 Å². The molecule has 1 saturated heterocycles. The van der Waals surface area contributed by atoms with Gasteiger partial charge in [0.05, 0.1) is 12.7 Å². The summed E-state index contributed by atoms with van der Waals surface area (Å²) in [7, 11) is 0. The van der Waals surface area contributed by atoms with Crippen molar-refractivity contribution in [3.05, 3.63) is 35.9 Å². The molecule has 0 bridgehead atoms. The van der Waals surface area contributed by atoms with Gasteiger partial charge in [0.15, 0.2) is 0 Å². The number of hydrogen-bond donors (Lipinski definition) is 1. The molecule has 0 spiro atoms. The van der Waals surface area contributed by atoms with E-state index in [4.69, 9.17) is 4.74 Å². The Morgan fingerprint density at radius 3 is 2.68 bits per heavy atom. The van der Waals surface area contributed by atoms with E-state index in [0.717, 1.165) is 26.2 Å². The molecule has 2 atom stereocenters. The van der Waals surface area contributed by atoms with Crippen molar-refractivity contribution >= 4 is 0 Å². The number of ether oxygens (including phenoxy) is 1. The van der Waals surface area contributed by atoms with Crippen LogP contribution in [0.2, 0.25) is 0 Å². The molecule has 1 unspecified atom stereocenters. The molecule has 0 saturated carbocycles. The van der Waals surface area contributed by atoms with Crippen molar-refractivity contribution in [2.24, 2.45) is 0 Å². The normalized spacial score (nSPS) is 22.6. The molecule has 0 aliphatic carbocycles. The summed E-state index contributed by atoms with van der Waals surface area (Å²) in [6.07, 6.45) is 0.308. The highest BCUT2D eigenvalue weighted by atomic mass is 16.5. The van der Waals surface area contributed by atoms with Crippen molar-refractivity contribution in [2.45, 2.75) is 39.0 Å². The van der Waals surface area contributed by atoms with Crippen molar-refractivity contribution in [2.75, 3.05) is 26.2 Å². The SMILES string of the molecule is CC(C)N1CCOC(CN[C@@H](C)c2ccccc2)C1. The first-order chi connectivity index (χ1) is 9.16. The molecule has 1 aliphatic heterocycles. The van der Waals surface area contributed by atoms with Crippen LogP contribution in [0.5, 0.6) is 0 Å². The molecule has 0 radical (unpaired) electrons. The molecule has 1 aliphatic rings. The summed E-state index contributed by atoms with van der Waals surface area (Å²) in [5, 5.41) is 3.58. The third kappa shape index (κ3) is 4.30. The second-order valence-corrected chi connectivity index (χ2v) is 5.62. The van der Waals surface area contributed by atoms with Crippen LogP contribution in [0.1, 0.15) is 32.4 Å². The number of benzene rings is 1. The third-order valence-corrected chi connectivity index (χ3v) is 3.85. The number of nitrogens with one attached hydrogen (secondary N) is 1. The van der Waals surface area contributed by atoms with Crippen molar-refractivity contribution in [3.63, 3.8) is 0 Å². The Bertz CT molecular complexity index is 366. The van der Waals surface area contributed by atoms with Crippen LogP contribution in [-0.2, 0) is 4.74 Å². The Labute approximate surface area is 116 Å². The Morgan fingerprint density at radius 2 is 2.00 bits per heavy atom. The lowest BCUT2D eigenvalue weighted by atomic mass is 10.1. The topological polar surface area (TPSA) is 24.5 Å². The first kappa shape index (κ1) is 14.5. The summed E-state index contributed by atoms with van der Waals surface area (Å²) in [4.78, 5) is 2.49.